The summed E-state index contributed by atoms with van der Waals surface area (Å²) in [7, 11) is 0. The molecule has 0 saturated carbocycles. The molecule has 0 saturated heterocycles. The molecule has 1 aliphatic rings. The summed E-state index contributed by atoms with van der Waals surface area (Å²) in [4.78, 5) is 24.2. The summed E-state index contributed by atoms with van der Waals surface area (Å²) in [6.45, 7) is 14.9. The Morgan fingerprint density at radius 1 is 0.966 bits per heavy atom. The fourth-order valence-corrected chi connectivity index (χ4v) is 2.82. The van der Waals surface area contributed by atoms with Gasteiger partial charge in [0.15, 0.2) is 0 Å². The molecule has 0 aromatic carbocycles. The highest BCUT2D eigenvalue weighted by Gasteiger charge is 2.33. The molecule has 29 heavy (non-hydrogen) atoms. The minimum atomic E-state index is -0.896. The Balaban J connectivity index is 2.97. The molecule has 0 fully saturated rings. The molecule has 8 heteroatoms. The molecule has 8 nitrogen and oxygen atoms in total. The minimum absolute atomic E-state index is 0.0703. The molecular weight excluding hydrogens is 376 g/mol. The number of aliphatic hydroxyl groups excluding tert-OH is 1. The number of amides is 2. The summed E-state index contributed by atoms with van der Waals surface area (Å²) in [5.74, 6) is 0. The molecule has 0 bridgehead atoms. The topological polar surface area (TPSA) is 106 Å². The van der Waals surface area contributed by atoms with Crippen LogP contribution < -0.4 is 10.6 Å². The van der Waals surface area contributed by atoms with Crippen molar-refractivity contribution < 1.29 is 28.9 Å². The van der Waals surface area contributed by atoms with E-state index >= 15 is 0 Å². The summed E-state index contributed by atoms with van der Waals surface area (Å²) in [6.07, 6.45) is -0.136. The van der Waals surface area contributed by atoms with Gasteiger partial charge in [-0.25, -0.2) is 9.59 Å². The maximum Gasteiger partial charge on any atom is 0.408 e. The van der Waals surface area contributed by atoms with Gasteiger partial charge in [-0.1, -0.05) is 0 Å². The average Bonchev–Trinajstić information content (AvgIpc) is 2.46. The summed E-state index contributed by atoms with van der Waals surface area (Å²) in [5.41, 5.74) is -0.942. The molecule has 0 aromatic heterocycles. The van der Waals surface area contributed by atoms with Crippen molar-refractivity contribution in [3.63, 3.8) is 0 Å². The summed E-state index contributed by atoms with van der Waals surface area (Å²) < 4.78 is 16.9. The highest BCUT2D eigenvalue weighted by Crippen LogP contribution is 2.25. The van der Waals surface area contributed by atoms with Crippen LogP contribution in [0, 0.1) is 0 Å². The van der Waals surface area contributed by atoms with Crippen LogP contribution in [0.4, 0.5) is 9.59 Å². The van der Waals surface area contributed by atoms with E-state index in [0.29, 0.717) is 0 Å². The normalized spacial score (nSPS) is 26.8. The third kappa shape index (κ3) is 11.1. The molecule has 4 unspecified atom stereocenters. The van der Waals surface area contributed by atoms with Gasteiger partial charge in [0.2, 0.25) is 0 Å². The molecule has 0 aromatic rings. The van der Waals surface area contributed by atoms with Crippen LogP contribution >= 0.6 is 0 Å². The Morgan fingerprint density at radius 3 is 1.97 bits per heavy atom. The Morgan fingerprint density at radius 2 is 1.48 bits per heavy atom. The summed E-state index contributed by atoms with van der Waals surface area (Å²) in [6, 6.07) is -0.0703. The standard InChI is InChI=1S/C21H38N2O6/c1-13(2)22-18(25)27-14-9-10-15(28-19(26)23-20(3,4)5)12-17(16(24)11-14)29-21(6,7)8/h9-10,13-17,24H,11-12H2,1-8H3,(H,22,25)(H,23,26)/b10-9+. The molecule has 0 spiro atoms. The highest BCUT2D eigenvalue weighted by atomic mass is 16.6. The lowest BCUT2D eigenvalue weighted by Gasteiger charge is -2.35. The van der Waals surface area contributed by atoms with Gasteiger partial charge in [-0.2, -0.15) is 0 Å². The van der Waals surface area contributed by atoms with Gasteiger partial charge in [0.25, 0.3) is 0 Å². The quantitative estimate of drug-likeness (QED) is 0.610. The summed E-state index contributed by atoms with van der Waals surface area (Å²) >= 11 is 0. The second-order valence-corrected chi connectivity index (χ2v) is 9.75. The highest BCUT2D eigenvalue weighted by molar-refractivity contribution is 5.68. The Bertz CT molecular complexity index is 577. The zero-order chi connectivity index (χ0) is 22.4. The first-order valence-corrected chi connectivity index (χ1v) is 10.1. The number of rotatable bonds is 4. The molecule has 0 aliphatic heterocycles. The van der Waals surface area contributed by atoms with Crippen molar-refractivity contribution in [2.75, 3.05) is 0 Å². The second kappa shape index (κ2) is 10.3. The fraction of sp³-hybridized carbons (Fsp3) is 0.810. The van der Waals surface area contributed by atoms with Crippen molar-refractivity contribution in [3.8, 4) is 0 Å². The molecule has 0 radical (unpaired) electrons. The number of carbonyl (C=O) groups excluding carboxylic acids is 2. The number of ether oxygens (including phenoxy) is 3. The van der Waals surface area contributed by atoms with Gasteiger partial charge in [0, 0.05) is 24.4 Å². The van der Waals surface area contributed by atoms with E-state index < -0.39 is 47.7 Å². The van der Waals surface area contributed by atoms with E-state index in [1.165, 1.54) is 0 Å². The van der Waals surface area contributed by atoms with Gasteiger partial charge < -0.3 is 30.0 Å². The molecule has 4 atom stereocenters. The van der Waals surface area contributed by atoms with Gasteiger partial charge in [0.05, 0.1) is 17.8 Å². The van der Waals surface area contributed by atoms with Gasteiger partial charge in [-0.3, -0.25) is 0 Å². The van der Waals surface area contributed by atoms with E-state index in [0.717, 1.165) is 0 Å². The van der Waals surface area contributed by atoms with E-state index in [1.807, 2.05) is 55.4 Å². The SMILES string of the molecule is CC(C)NC(=O)OC1/C=C/C(OC(=O)NC(C)(C)C)CC(OC(C)(C)C)C(O)C1. The minimum Gasteiger partial charge on any atom is -0.442 e. The lowest BCUT2D eigenvalue weighted by molar-refractivity contribution is -0.129. The largest absolute Gasteiger partial charge is 0.442 e. The molecule has 1 rings (SSSR count). The van der Waals surface area contributed by atoms with E-state index in [4.69, 9.17) is 14.2 Å². The van der Waals surface area contributed by atoms with E-state index in [1.54, 1.807) is 12.2 Å². The third-order valence-corrected chi connectivity index (χ3v) is 3.81. The van der Waals surface area contributed by atoms with E-state index in [2.05, 4.69) is 10.6 Å². The number of aliphatic hydroxyl groups is 1. The molecule has 0 heterocycles. The van der Waals surface area contributed by atoms with Crippen molar-refractivity contribution in [1.29, 1.82) is 0 Å². The first-order chi connectivity index (χ1) is 13.1. The molecule has 2 amide bonds. The predicted molar refractivity (Wildman–Crippen MR) is 111 cm³/mol. The van der Waals surface area contributed by atoms with Crippen molar-refractivity contribution in [1.82, 2.24) is 10.6 Å². The first kappa shape index (κ1) is 25.2. The van der Waals surface area contributed by atoms with Gasteiger partial charge >= 0.3 is 12.2 Å². The number of carbonyl (C=O) groups is 2. The zero-order valence-electron chi connectivity index (χ0n) is 18.9. The first-order valence-electron chi connectivity index (χ1n) is 10.1. The Hall–Kier alpha value is -1.80. The number of nitrogens with one attached hydrogen (secondary N) is 2. The van der Waals surface area contributed by atoms with Crippen LogP contribution in [0.2, 0.25) is 0 Å². The maximum atomic E-state index is 12.2. The van der Waals surface area contributed by atoms with E-state index in [9.17, 15) is 14.7 Å². The number of hydrogen-bond donors (Lipinski definition) is 3. The van der Waals surface area contributed by atoms with Crippen LogP contribution in [0.3, 0.4) is 0 Å². The zero-order valence-corrected chi connectivity index (χ0v) is 18.9. The molecule has 1 aliphatic carbocycles. The predicted octanol–water partition coefficient (Wildman–Crippen LogP) is 3.28. The molecule has 168 valence electrons. The summed E-state index contributed by atoms with van der Waals surface area (Å²) in [5, 5.41) is 16.1. The van der Waals surface area contributed by atoms with Crippen LogP contribution in [0.15, 0.2) is 12.2 Å². The van der Waals surface area contributed by atoms with Crippen molar-refractivity contribution in [2.24, 2.45) is 0 Å². The smallest absolute Gasteiger partial charge is 0.408 e. The Kier molecular flexibility index (Phi) is 8.96. The third-order valence-electron chi connectivity index (χ3n) is 3.81. The van der Waals surface area contributed by atoms with Crippen molar-refractivity contribution in [2.45, 2.75) is 110 Å². The monoisotopic (exact) mass is 414 g/mol. The van der Waals surface area contributed by atoms with Crippen LogP contribution in [-0.4, -0.2) is 58.9 Å². The van der Waals surface area contributed by atoms with Crippen molar-refractivity contribution >= 4 is 12.2 Å². The van der Waals surface area contributed by atoms with Crippen LogP contribution in [0.1, 0.15) is 68.2 Å². The second-order valence-electron chi connectivity index (χ2n) is 9.75. The van der Waals surface area contributed by atoms with Gasteiger partial charge in [0.1, 0.15) is 12.2 Å². The fourth-order valence-electron chi connectivity index (χ4n) is 2.82. The average molecular weight is 415 g/mol. The molecular formula is C21H38N2O6. The Labute approximate surface area is 174 Å². The van der Waals surface area contributed by atoms with Gasteiger partial charge in [-0.05, 0) is 67.5 Å². The van der Waals surface area contributed by atoms with Gasteiger partial charge in [-0.15, -0.1) is 0 Å². The number of hydrogen-bond acceptors (Lipinski definition) is 6. The van der Waals surface area contributed by atoms with E-state index in [-0.39, 0.29) is 18.9 Å². The lowest BCUT2D eigenvalue weighted by atomic mass is 9.96. The number of alkyl carbamates (subject to hydrolysis) is 2. The van der Waals surface area contributed by atoms with Crippen LogP contribution in [0.25, 0.3) is 0 Å². The lowest BCUT2D eigenvalue weighted by Crippen LogP contribution is -2.45. The van der Waals surface area contributed by atoms with Crippen LogP contribution in [-0.2, 0) is 14.2 Å². The van der Waals surface area contributed by atoms with Crippen LogP contribution in [0.5, 0.6) is 0 Å². The maximum absolute atomic E-state index is 12.2. The van der Waals surface area contributed by atoms with Crippen molar-refractivity contribution in [3.05, 3.63) is 12.2 Å². The molecule has 3 N–H and O–H groups in total.